The van der Waals surface area contributed by atoms with Gasteiger partial charge in [0.15, 0.2) is 0 Å². The van der Waals surface area contributed by atoms with Gasteiger partial charge >= 0.3 is 0 Å². The molecule has 0 unspecified atom stereocenters. The number of fused-ring (bicyclic) bond motifs is 1. The highest BCUT2D eigenvalue weighted by atomic mass is 16.3. The molecule has 0 aromatic carbocycles. The van der Waals surface area contributed by atoms with Crippen LogP contribution in [0.4, 0.5) is 5.82 Å². The van der Waals surface area contributed by atoms with Crippen molar-refractivity contribution in [3.63, 3.8) is 0 Å². The fourth-order valence-electron chi connectivity index (χ4n) is 3.77. The number of aromatic nitrogens is 2. The minimum Gasteiger partial charge on any atom is -0.472 e. The fraction of sp³-hybridized carbons (Fsp3) is 0.286. The van der Waals surface area contributed by atoms with E-state index < -0.39 is 0 Å². The quantitative estimate of drug-likeness (QED) is 0.693. The number of pyridine rings is 1. The Labute approximate surface area is 161 Å². The Bertz CT molecular complexity index is 1060. The molecule has 3 aromatic heterocycles. The van der Waals surface area contributed by atoms with Crippen molar-refractivity contribution in [2.24, 2.45) is 0 Å². The molecule has 1 N–H and O–H groups in total. The molecule has 1 aliphatic heterocycles. The van der Waals surface area contributed by atoms with Gasteiger partial charge < -0.3 is 14.3 Å². The SMILES string of the molecule is O=CN(c1cc(C2=CCN(C(=O)c3ccoc3)CC2)c2cc[nH]c2n1)C1CC1. The molecule has 4 heterocycles. The molecule has 28 heavy (non-hydrogen) atoms. The first kappa shape index (κ1) is 16.8. The van der Waals surface area contributed by atoms with Gasteiger partial charge in [0.2, 0.25) is 6.41 Å². The van der Waals surface area contributed by atoms with Gasteiger partial charge in [-0.1, -0.05) is 6.08 Å². The van der Waals surface area contributed by atoms with E-state index in [0.717, 1.165) is 42.3 Å². The maximum atomic E-state index is 12.5. The highest BCUT2D eigenvalue weighted by molar-refractivity contribution is 5.96. The van der Waals surface area contributed by atoms with Gasteiger partial charge in [-0.2, -0.15) is 0 Å². The van der Waals surface area contributed by atoms with E-state index in [4.69, 9.17) is 4.42 Å². The van der Waals surface area contributed by atoms with Crippen molar-refractivity contribution in [2.75, 3.05) is 18.0 Å². The minimum absolute atomic E-state index is 0.0212. The number of furan rings is 1. The monoisotopic (exact) mass is 376 g/mol. The largest absolute Gasteiger partial charge is 0.472 e. The number of hydrogen-bond donors (Lipinski definition) is 1. The van der Waals surface area contributed by atoms with E-state index in [9.17, 15) is 9.59 Å². The highest BCUT2D eigenvalue weighted by Gasteiger charge is 2.31. The molecule has 0 saturated heterocycles. The standard InChI is InChI=1S/C21H20N4O3/c26-13-25(16-1-2-16)19-11-18(17-3-7-22-20(17)23-19)14-4-8-24(9-5-14)21(27)15-6-10-28-12-15/h3-4,6-7,10-13,16H,1-2,5,8-9H2,(H,22,23). The number of carbonyl (C=O) groups is 2. The number of carbonyl (C=O) groups excluding carboxylic acids is 2. The summed E-state index contributed by atoms with van der Waals surface area (Å²) in [7, 11) is 0. The van der Waals surface area contributed by atoms with Gasteiger partial charge in [-0.15, -0.1) is 0 Å². The van der Waals surface area contributed by atoms with Crippen LogP contribution < -0.4 is 4.90 Å². The lowest BCUT2D eigenvalue weighted by Crippen LogP contribution is -2.34. The van der Waals surface area contributed by atoms with Gasteiger partial charge in [0.1, 0.15) is 17.7 Å². The molecule has 7 heteroatoms. The molecular weight excluding hydrogens is 356 g/mol. The number of amides is 2. The van der Waals surface area contributed by atoms with Crippen LogP contribution in [-0.2, 0) is 4.79 Å². The van der Waals surface area contributed by atoms with E-state index in [2.05, 4.69) is 16.0 Å². The Kier molecular flexibility index (Phi) is 4.00. The third kappa shape index (κ3) is 2.89. The van der Waals surface area contributed by atoms with E-state index in [1.807, 2.05) is 23.2 Å². The third-order valence-electron chi connectivity index (χ3n) is 5.44. The summed E-state index contributed by atoms with van der Waals surface area (Å²) in [5.74, 6) is 0.660. The van der Waals surface area contributed by atoms with Crippen molar-refractivity contribution in [3.05, 3.63) is 54.1 Å². The first-order chi connectivity index (χ1) is 13.7. The first-order valence-corrected chi connectivity index (χ1v) is 9.47. The molecule has 0 radical (unpaired) electrons. The molecular formula is C21H20N4O3. The van der Waals surface area contributed by atoms with Crippen molar-refractivity contribution < 1.29 is 14.0 Å². The Balaban J connectivity index is 1.46. The average molecular weight is 376 g/mol. The molecule has 0 atom stereocenters. The smallest absolute Gasteiger partial charge is 0.257 e. The number of aromatic amines is 1. The van der Waals surface area contributed by atoms with Gasteiger partial charge in [-0.25, -0.2) is 4.98 Å². The molecule has 1 fully saturated rings. The van der Waals surface area contributed by atoms with Crippen molar-refractivity contribution in [2.45, 2.75) is 25.3 Å². The Morgan fingerprint density at radius 2 is 2.25 bits per heavy atom. The van der Waals surface area contributed by atoms with Crippen molar-refractivity contribution in [1.82, 2.24) is 14.9 Å². The molecule has 142 valence electrons. The highest BCUT2D eigenvalue weighted by Crippen LogP contribution is 2.35. The molecule has 5 rings (SSSR count). The van der Waals surface area contributed by atoms with E-state index in [0.29, 0.717) is 24.5 Å². The second kappa shape index (κ2) is 6.67. The summed E-state index contributed by atoms with van der Waals surface area (Å²) in [5, 5.41) is 1.03. The summed E-state index contributed by atoms with van der Waals surface area (Å²) in [4.78, 5) is 35.4. The zero-order valence-corrected chi connectivity index (χ0v) is 15.3. The molecule has 1 aliphatic carbocycles. The first-order valence-electron chi connectivity index (χ1n) is 9.47. The molecule has 2 aliphatic rings. The Morgan fingerprint density at radius 3 is 2.93 bits per heavy atom. The molecule has 2 amide bonds. The zero-order chi connectivity index (χ0) is 19.1. The van der Waals surface area contributed by atoms with E-state index in [-0.39, 0.29) is 11.9 Å². The normalized spacial score (nSPS) is 16.9. The van der Waals surface area contributed by atoms with Crippen LogP contribution in [0.3, 0.4) is 0 Å². The van der Waals surface area contributed by atoms with Gasteiger partial charge in [0.05, 0.1) is 11.8 Å². The summed E-state index contributed by atoms with van der Waals surface area (Å²) in [6.45, 7) is 1.18. The van der Waals surface area contributed by atoms with Crippen LogP contribution in [0.1, 0.15) is 35.2 Å². The van der Waals surface area contributed by atoms with Crippen LogP contribution in [0.5, 0.6) is 0 Å². The van der Waals surface area contributed by atoms with Gasteiger partial charge in [0.25, 0.3) is 5.91 Å². The van der Waals surface area contributed by atoms with Crippen LogP contribution in [0.15, 0.2) is 47.4 Å². The van der Waals surface area contributed by atoms with Crippen LogP contribution in [-0.4, -0.2) is 46.3 Å². The molecule has 0 bridgehead atoms. The number of hydrogen-bond acceptors (Lipinski definition) is 4. The Hall–Kier alpha value is -3.35. The number of nitrogens with one attached hydrogen (secondary N) is 1. The maximum Gasteiger partial charge on any atom is 0.257 e. The second-order valence-electron chi connectivity index (χ2n) is 7.25. The third-order valence-corrected chi connectivity index (χ3v) is 5.44. The summed E-state index contributed by atoms with van der Waals surface area (Å²) in [5.41, 5.74) is 3.59. The minimum atomic E-state index is -0.0212. The predicted octanol–water partition coefficient (Wildman–Crippen LogP) is 3.21. The molecule has 0 spiro atoms. The van der Waals surface area contributed by atoms with Crippen molar-refractivity contribution >= 4 is 34.7 Å². The van der Waals surface area contributed by atoms with Crippen molar-refractivity contribution in [1.29, 1.82) is 0 Å². The maximum absolute atomic E-state index is 12.5. The zero-order valence-electron chi connectivity index (χ0n) is 15.3. The summed E-state index contributed by atoms with van der Waals surface area (Å²) >= 11 is 0. The predicted molar refractivity (Wildman–Crippen MR) is 105 cm³/mol. The lowest BCUT2D eigenvalue weighted by atomic mass is 9.97. The summed E-state index contributed by atoms with van der Waals surface area (Å²) < 4.78 is 5.02. The van der Waals surface area contributed by atoms with Crippen LogP contribution in [0.25, 0.3) is 16.6 Å². The second-order valence-corrected chi connectivity index (χ2v) is 7.25. The van der Waals surface area contributed by atoms with Gasteiger partial charge in [-0.3, -0.25) is 14.5 Å². The number of H-pyrrole nitrogens is 1. The average Bonchev–Trinajstić information content (AvgIpc) is 3.21. The lowest BCUT2D eigenvalue weighted by Gasteiger charge is -2.27. The number of rotatable bonds is 5. The van der Waals surface area contributed by atoms with Crippen LogP contribution >= 0.6 is 0 Å². The van der Waals surface area contributed by atoms with Gasteiger partial charge in [-0.05, 0) is 48.6 Å². The number of anilines is 1. The summed E-state index contributed by atoms with van der Waals surface area (Å²) in [6, 6.07) is 5.95. The van der Waals surface area contributed by atoms with Crippen LogP contribution in [0, 0.1) is 0 Å². The molecule has 1 saturated carbocycles. The van der Waals surface area contributed by atoms with Crippen LogP contribution in [0.2, 0.25) is 0 Å². The lowest BCUT2D eigenvalue weighted by molar-refractivity contribution is -0.107. The van der Waals surface area contributed by atoms with Gasteiger partial charge in [0, 0.05) is 30.7 Å². The van der Waals surface area contributed by atoms with Crippen molar-refractivity contribution in [3.8, 4) is 0 Å². The number of nitrogens with zero attached hydrogens (tertiary/aromatic N) is 3. The fourth-order valence-corrected chi connectivity index (χ4v) is 3.77. The van der Waals surface area contributed by atoms with E-state index >= 15 is 0 Å². The van der Waals surface area contributed by atoms with E-state index in [1.54, 1.807) is 11.0 Å². The molecule has 3 aromatic rings. The topological polar surface area (TPSA) is 82.4 Å². The Morgan fingerprint density at radius 1 is 1.36 bits per heavy atom. The van der Waals surface area contributed by atoms with E-state index in [1.165, 1.54) is 18.1 Å². The summed E-state index contributed by atoms with van der Waals surface area (Å²) in [6.07, 6.45) is 10.6. The molecule has 7 nitrogen and oxygen atoms in total.